The van der Waals surface area contributed by atoms with E-state index in [2.05, 4.69) is 23.1 Å². The number of carbonyl (C=O) groups is 2. The molecule has 1 unspecified atom stereocenters. The first-order chi connectivity index (χ1) is 24.5. The van der Waals surface area contributed by atoms with E-state index in [1.807, 2.05) is 70.3 Å². The first kappa shape index (κ1) is 35.6. The molecule has 7 nitrogen and oxygen atoms in total. The van der Waals surface area contributed by atoms with Crippen LogP contribution in [-0.2, 0) is 26.0 Å². The number of fused-ring (bicyclic) bond motifs is 3. The minimum atomic E-state index is -0.590. The number of allylic oxidation sites excluding steroid dienone is 1. The number of nitrogens with zero attached hydrogens (tertiary/aromatic N) is 1. The number of esters is 2. The van der Waals surface area contributed by atoms with Crippen molar-refractivity contribution in [3.63, 3.8) is 0 Å². The van der Waals surface area contributed by atoms with Crippen LogP contribution in [0.2, 0.25) is 5.02 Å². The van der Waals surface area contributed by atoms with E-state index in [-0.39, 0.29) is 23.5 Å². The predicted molar refractivity (Wildman–Crippen MR) is 200 cm³/mol. The van der Waals surface area contributed by atoms with Crippen molar-refractivity contribution in [3.05, 3.63) is 106 Å². The van der Waals surface area contributed by atoms with Gasteiger partial charge in [-0.05, 0) is 143 Å². The Morgan fingerprint density at radius 1 is 1.02 bits per heavy atom. The minimum Gasteiger partial charge on any atom is -0.490 e. The molecule has 8 heteroatoms. The van der Waals surface area contributed by atoms with Crippen LogP contribution in [0.15, 0.2) is 78.4 Å². The third-order valence-electron chi connectivity index (χ3n) is 11.3. The summed E-state index contributed by atoms with van der Waals surface area (Å²) >= 11 is 6.48. The Kier molecular flexibility index (Phi) is 10.2. The molecule has 0 aromatic heterocycles. The number of halogens is 1. The summed E-state index contributed by atoms with van der Waals surface area (Å²) in [6.07, 6.45) is 9.51. The Balaban J connectivity index is 1.09. The van der Waals surface area contributed by atoms with E-state index in [9.17, 15) is 9.59 Å². The van der Waals surface area contributed by atoms with Gasteiger partial charge in [0.05, 0.1) is 36.1 Å². The summed E-state index contributed by atoms with van der Waals surface area (Å²) in [7, 11) is 1.83. The van der Waals surface area contributed by atoms with Crippen LogP contribution in [0, 0.1) is 17.8 Å². The highest BCUT2D eigenvalue weighted by atomic mass is 35.5. The van der Waals surface area contributed by atoms with Crippen LogP contribution in [0.5, 0.6) is 5.75 Å². The van der Waals surface area contributed by atoms with Gasteiger partial charge in [0, 0.05) is 30.6 Å². The third kappa shape index (κ3) is 7.71. The van der Waals surface area contributed by atoms with Crippen molar-refractivity contribution in [2.75, 3.05) is 38.3 Å². The SMILES string of the molecule is CO[C@H](C1=CC(CCOC(=O)c2ccccc2)C1)[C@@H]1CC[C@H]1CN1C[C@@]2(CCCc3cc(Cl)ccc32)COc2ccc(C(=O)OC(C)(C)C)cc21. The van der Waals surface area contributed by atoms with Crippen LogP contribution >= 0.6 is 11.6 Å². The molecule has 3 aliphatic carbocycles. The number of aryl methyl sites for hydroxylation is 1. The van der Waals surface area contributed by atoms with Crippen molar-refractivity contribution in [2.45, 2.75) is 82.8 Å². The summed E-state index contributed by atoms with van der Waals surface area (Å²) in [5.41, 5.74) is 5.26. The predicted octanol–water partition coefficient (Wildman–Crippen LogP) is 9.00. The summed E-state index contributed by atoms with van der Waals surface area (Å²) < 4.78 is 24.2. The molecule has 0 saturated heterocycles. The van der Waals surface area contributed by atoms with Gasteiger partial charge < -0.3 is 23.8 Å². The van der Waals surface area contributed by atoms with Gasteiger partial charge in [-0.2, -0.15) is 0 Å². The molecule has 51 heavy (non-hydrogen) atoms. The van der Waals surface area contributed by atoms with E-state index in [1.54, 1.807) is 12.1 Å². The Hall–Kier alpha value is -3.81. The molecule has 3 aromatic rings. The van der Waals surface area contributed by atoms with Crippen LogP contribution in [0.25, 0.3) is 0 Å². The van der Waals surface area contributed by atoms with Gasteiger partial charge in [0.15, 0.2) is 0 Å². The molecule has 0 amide bonds. The quantitative estimate of drug-likeness (QED) is 0.154. The number of anilines is 1. The highest BCUT2D eigenvalue weighted by Gasteiger charge is 2.46. The maximum atomic E-state index is 13.3. The first-order valence-corrected chi connectivity index (χ1v) is 18.9. The van der Waals surface area contributed by atoms with E-state index in [4.69, 9.17) is 30.5 Å². The van der Waals surface area contributed by atoms with E-state index in [0.29, 0.717) is 42.1 Å². The van der Waals surface area contributed by atoms with Crippen LogP contribution in [0.4, 0.5) is 5.69 Å². The first-order valence-electron chi connectivity index (χ1n) is 18.5. The molecule has 270 valence electrons. The second-order valence-electron chi connectivity index (χ2n) is 15.9. The monoisotopic (exact) mass is 711 g/mol. The average Bonchev–Trinajstić information content (AvgIpc) is 3.23. The van der Waals surface area contributed by atoms with Crippen molar-refractivity contribution < 1.29 is 28.5 Å². The van der Waals surface area contributed by atoms with E-state index in [0.717, 1.165) is 74.5 Å². The topological polar surface area (TPSA) is 74.3 Å². The highest BCUT2D eigenvalue weighted by Crippen LogP contribution is 2.48. The van der Waals surface area contributed by atoms with Gasteiger partial charge in [-0.15, -0.1) is 0 Å². The zero-order chi connectivity index (χ0) is 35.8. The standard InChI is InChI=1S/C43H50ClNO6/c1-42(2,3)51-41(47)31-13-17-38-37(24-31)45(26-43(27-50-38)19-8-11-30-23-34(44)14-16-36(30)43)25-32-12-15-35(32)39(48-4)33-21-28(22-33)18-20-49-40(46)29-9-6-5-7-10-29/h5-7,9-10,13-14,16-17,21,23-24,28,32,35,39H,8,11-12,15,18-20,22,25-27H2,1-4H3/t28?,32-,35+,39+,43-/m0/s1. The van der Waals surface area contributed by atoms with Crippen LogP contribution in [0.1, 0.15) is 91.1 Å². The number of ether oxygens (including phenoxy) is 4. The number of rotatable bonds is 10. The molecule has 0 radical (unpaired) electrons. The third-order valence-corrected chi connectivity index (χ3v) is 11.5. The summed E-state index contributed by atoms with van der Waals surface area (Å²) in [6.45, 7) is 8.29. The normalized spacial score (nSPS) is 24.5. The number of methoxy groups -OCH3 is 1. The smallest absolute Gasteiger partial charge is 0.338 e. The fraction of sp³-hybridized carbons (Fsp3) is 0.488. The summed E-state index contributed by atoms with van der Waals surface area (Å²) in [5.74, 6) is 1.41. The summed E-state index contributed by atoms with van der Waals surface area (Å²) in [5, 5.41) is 0.770. The van der Waals surface area contributed by atoms with E-state index >= 15 is 0 Å². The van der Waals surface area contributed by atoms with Gasteiger partial charge in [0.2, 0.25) is 0 Å². The molecule has 1 spiro atoms. The molecule has 3 aromatic carbocycles. The largest absolute Gasteiger partial charge is 0.490 e. The number of benzene rings is 3. The van der Waals surface area contributed by atoms with Crippen molar-refractivity contribution >= 4 is 29.2 Å². The Morgan fingerprint density at radius 2 is 1.82 bits per heavy atom. The van der Waals surface area contributed by atoms with Gasteiger partial charge in [0.1, 0.15) is 11.4 Å². The van der Waals surface area contributed by atoms with E-state index in [1.165, 1.54) is 16.7 Å². The lowest BCUT2D eigenvalue weighted by atomic mass is 9.65. The van der Waals surface area contributed by atoms with Gasteiger partial charge >= 0.3 is 11.9 Å². The lowest BCUT2D eigenvalue weighted by Gasteiger charge is -2.47. The van der Waals surface area contributed by atoms with Gasteiger partial charge in [0.25, 0.3) is 0 Å². The number of hydrogen-bond donors (Lipinski definition) is 0. The Labute approximate surface area is 307 Å². The molecular weight excluding hydrogens is 662 g/mol. The van der Waals surface area contributed by atoms with Crippen LogP contribution in [0.3, 0.4) is 0 Å². The van der Waals surface area contributed by atoms with Crippen molar-refractivity contribution in [1.82, 2.24) is 0 Å². The second kappa shape index (κ2) is 14.7. The Bertz CT molecular complexity index is 1780. The fourth-order valence-corrected chi connectivity index (χ4v) is 8.81. The molecule has 0 bridgehead atoms. The molecular formula is C43H50ClNO6. The number of hydrogen-bond acceptors (Lipinski definition) is 7. The van der Waals surface area contributed by atoms with Crippen molar-refractivity contribution in [1.29, 1.82) is 0 Å². The molecule has 7 rings (SSSR count). The van der Waals surface area contributed by atoms with Gasteiger partial charge in [-0.25, -0.2) is 9.59 Å². The second-order valence-corrected chi connectivity index (χ2v) is 16.4. The van der Waals surface area contributed by atoms with Gasteiger partial charge in [-0.1, -0.05) is 41.9 Å². The lowest BCUT2D eigenvalue weighted by molar-refractivity contribution is -0.000159. The Morgan fingerprint density at radius 3 is 2.55 bits per heavy atom. The molecule has 1 aliphatic heterocycles. The lowest BCUT2D eigenvalue weighted by Crippen LogP contribution is -2.50. The van der Waals surface area contributed by atoms with Crippen molar-refractivity contribution in [2.24, 2.45) is 17.8 Å². The molecule has 1 fully saturated rings. The van der Waals surface area contributed by atoms with Crippen LogP contribution in [-0.4, -0.2) is 57.1 Å². The fourth-order valence-electron chi connectivity index (χ4n) is 8.61. The molecule has 5 atom stereocenters. The summed E-state index contributed by atoms with van der Waals surface area (Å²) in [4.78, 5) is 28.1. The van der Waals surface area contributed by atoms with E-state index < -0.39 is 5.60 Å². The van der Waals surface area contributed by atoms with Gasteiger partial charge in [-0.3, -0.25) is 0 Å². The molecule has 1 saturated carbocycles. The molecule has 0 N–H and O–H groups in total. The minimum absolute atomic E-state index is 0.0640. The molecule has 1 heterocycles. The van der Waals surface area contributed by atoms with Crippen LogP contribution < -0.4 is 9.64 Å². The molecule has 4 aliphatic rings. The zero-order valence-electron chi connectivity index (χ0n) is 30.3. The highest BCUT2D eigenvalue weighted by molar-refractivity contribution is 6.30. The number of carbonyl (C=O) groups excluding carboxylic acids is 2. The average molecular weight is 712 g/mol. The zero-order valence-corrected chi connectivity index (χ0v) is 31.0. The van der Waals surface area contributed by atoms with Crippen molar-refractivity contribution in [3.8, 4) is 5.75 Å². The maximum Gasteiger partial charge on any atom is 0.338 e. The summed E-state index contributed by atoms with van der Waals surface area (Å²) in [6, 6.07) is 21.2. The maximum absolute atomic E-state index is 13.3.